The lowest BCUT2D eigenvalue weighted by molar-refractivity contribution is 0.0902. The highest BCUT2D eigenvalue weighted by molar-refractivity contribution is 9.10. The number of ketones is 1. The zero-order valence-corrected chi connectivity index (χ0v) is 10.7. The Morgan fingerprint density at radius 2 is 2.25 bits per heavy atom. The predicted octanol–water partition coefficient (Wildman–Crippen LogP) is 2.38. The van der Waals surface area contributed by atoms with Crippen LogP contribution in [0.5, 0.6) is 5.75 Å². The normalized spacial score (nSPS) is 16.9. The smallest absolute Gasteiger partial charge is 0.174 e. The fourth-order valence-electron chi connectivity index (χ4n) is 1.82. The first kappa shape index (κ1) is 11.6. The molecule has 1 aromatic carbocycles. The second kappa shape index (κ2) is 4.18. The molecule has 0 spiro atoms. The van der Waals surface area contributed by atoms with E-state index in [-0.39, 0.29) is 11.2 Å². The van der Waals surface area contributed by atoms with Gasteiger partial charge in [-0.2, -0.15) is 0 Å². The number of ether oxygens (including phenoxy) is 1. The van der Waals surface area contributed by atoms with Gasteiger partial charge in [-0.15, -0.1) is 0 Å². The predicted molar refractivity (Wildman–Crippen MR) is 65.7 cm³/mol. The molecule has 2 rings (SSSR count). The molecule has 16 heavy (non-hydrogen) atoms. The highest BCUT2D eigenvalue weighted by atomic mass is 79.9. The summed E-state index contributed by atoms with van der Waals surface area (Å²) >= 11 is 3.36. The average molecular weight is 284 g/mol. The van der Waals surface area contributed by atoms with Crippen LogP contribution in [0.15, 0.2) is 22.7 Å². The number of rotatable bonds is 4. The SMILES string of the molecule is COc1ccc(Br)cc1C(=O)C1(CN)CC1. The number of hydrogen-bond donors (Lipinski definition) is 1. The van der Waals surface area contributed by atoms with Crippen LogP contribution >= 0.6 is 15.9 Å². The van der Waals surface area contributed by atoms with Crippen molar-refractivity contribution in [3.05, 3.63) is 28.2 Å². The molecule has 1 fully saturated rings. The largest absolute Gasteiger partial charge is 0.496 e. The summed E-state index contributed by atoms with van der Waals surface area (Å²) in [7, 11) is 1.57. The van der Waals surface area contributed by atoms with E-state index in [2.05, 4.69) is 15.9 Å². The molecule has 3 nitrogen and oxygen atoms in total. The molecule has 0 saturated heterocycles. The van der Waals surface area contributed by atoms with Crippen molar-refractivity contribution in [1.82, 2.24) is 0 Å². The van der Waals surface area contributed by atoms with Gasteiger partial charge in [0.15, 0.2) is 5.78 Å². The minimum absolute atomic E-state index is 0.105. The zero-order chi connectivity index (χ0) is 11.8. The molecular formula is C12H14BrNO2. The van der Waals surface area contributed by atoms with Crippen LogP contribution in [-0.2, 0) is 0 Å². The van der Waals surface area contributed by atoms with Gasteiger partial charge in [0, 0.05) is 16.4 Å². The van der Waals surface area contributed by atoms with Gasteiger partial charge >= 0.3 is 0 Å². The molecule has 1 aromatic rings. The van der Waals surface area contributed by atoms with Crippen LogP contribution in [0, 0.1) is 5.41 Å². The van der Waals surface area contributed by atoms with Gasteiger partial charge < -0.3 is 10.5 Å². The maximum absolute atomic E-state index is 12.3. The number of halogens is 1. The minimum Gasteiger partial charge on any atom is -0.496 e. The van der Waals surface area contributed by atoms with E-state index in [1.54, 1.807) is 19.2 Å². The summed E-state index contributed by atoms with van der Waals surface area (Å²) in [6.07, 6.45) is 1.77. The number of hydrogen-bond acceptors (Lipinski definition) is 3. The number of carbonyl (C=O) groups excluding carboxylic acids is 1. The van der Waals surface area contributed by atoms with Gasteiger partial charge in [-0.3, -0.25) is 4.79 Å². The van der Waals surface area contributed by atoms with Crippen molar-refractivity contribution in [2.75, 3.05) is 13.7 Å². The molecule has 0 amide bonds. The maximum Gasteiger partial charge on any atom is 0.174 e. The Balaban J connectivity index is 2.39. The molecule has 0 radical (unpaired) electrons. The van der Waals surface area contributed by atoms with Gasteiger partial charge in [0.25, 0.3) is 0 Å². The van der Waals surface area contributed by atoms with Gasteiger partial charge in [0.1, 0.15) is 5.75 Å². The Labute approximate surface area is 103 Å². The van der Waals surface area contributed by atoms with Crippen molar-refractivity contribution in [2.24, 2.45) is 11.1 Å². The van der Waals surface area contributed by atoms with Gasteiger partial charge in [0.05, 0.1) is 12.7 Å². The summed E-state index contributed by atoms with van der Waals surface area (Å²) in [5, 5.41) is 0. The van der Waals surface area contributed by atoms with E-state index < -0.39 is 0 Å². The summed E-state index contributed by atoms with van der Waals surface area (Å²) in [5.41, 5.74) is 5.96. The van der Waals surface area contributed by atoms with Crippen molar-refractivity contribution < 1.29 is 9.53 Å². The third-order valence-corrected chi connectivity index (χ3v) is 3.63. The number of nitrogens with two attached hydrogens (primary N) is 1. The highest BCUT2D eigenvalue weighted by Crippen LogP contribution is 2.48. The molecule has 1 saturated carbocycles. The molecule has 0 unspecified atom stereocenters. The Morgan fingerprint density at radius 3 is 2.75 bits per heavy atom. The van der Waals surface area contributed by atoms with Crippen molar-refractivity contribution in [1.29, 1.82) is 0 Å². The quantitative estimate of drug-likeness (QED) is 0.864. The second-order valence-electron chi connectivity index (χ2n) is 4.16. The fraction of sp³-hybridized carbons (Fsp3) is 0.417. The van der Waals surface area contributed by atoms with Gasteiger partial charge in [-0.1, -0.05) is 15.9 Å². The van der Waals surface area contributed by atoms with Gasteiger partial charge in [-0.25, -0.2) is 0 Å². The number of benzene rings is 1. The molecule has 0 bridgehead atoms. The molecule has 0 atom stereocenters. The molecule has 86 valence electrons. The van der Waals surface area contributed by atoms with E-state index in [9.17, 15) is 4.79 Å². The van der Waals surface area contributed by atoms with Crippen molar-refractivity contribution >= 4 is 21.7 Å². The summed E-state index contributed by atoms with van der Waals surface area (Å²) in [4.78, 5) is 12.3. The lowest BCUT2D eigenvalue weighted by atomic mass is 9.94. The monoisotopic (exact) mass is 283 g/mol. The van der Waals surface area contributed by atoms with E-state index >= 15 is 0 Å². The second-order valence-corrected chi connectivity index (χ2v) is 5.07. The van der Waals surface area contributed by atoms with Crippen LogP contribution in [0.3, 0.4) is 0 Å². The molecule has 2 N–H and O–H groups in total. The molecule has 0 heterocycles. The number of Topliss-reactive ketones (excluding diaryl/α,β-unsaturated/α-hetero) is 1. The van der Waals surface area contributed by atoms with E-state index in [4.69, 9.17) is 10.5 Å². The van der Waals surface area contributed by atoms with E-state index in [0.717, 1.165) is 17.3 Å². The van der Waals surface area contributed by atoms with E-state index in [1.165, 1.54) is 0 Å². The lowest BCUT2D eigenvalue weighted by Gasteiger charge is -2.14. The zero-order valence-electron chi connectivity index (χ0n) is 9.13. The lowest BCUT2D eigenvalue weighted by Crippen LogP contribution is -2.25. The summed E-state index contributed by atoms with van der Waals surface area (Å²) in [6, 6.07) is 5.46. The van der Waals surface area contributed by atoms with Gasteiger partial charge in [0.2, 0.25) is 0 Å². The molecule has 0 aliphatic heterocycles. The first-order valence-corrected chi connectivity index (χ1v) is 6.01. The van der Waals surface area contributed by atoms with Crippen LogP contribution in [0.4, 0.5) is 0 Å². The van der Waals surface area contributed by atoms with Crippen LogP contribution in [0.25, 0.3) is 0 Å². The van der Waals surface area contributed by atoms with E-state index in [1.807, 2.05) is 6.07 Å². The fourth-order valence-corrected chi connectivity index (χ4v) is 2.18. The first-order chi connectivity index (χ1) is 7.63. The molecule has 4 heteroatoms. The topological polar surface area (TPSA) is 52.3 Å². The van der Waals surface area contributed by atoms with Crippen LogP contribution < -0.4 is 10.5 Å². The average Bonchev–Trinajstić information content (AvgIpc) is 3.09. The summed E-state index contributed by atoms with van der Waals surface area (Å²) in [6.45, 7) is 0.418. The van der Waals surface area contributed by atoms with Crippen LogP contribution in [0.1, 0.15) is 23.2 Å². The molecule has 0 aromatic heterocycles. The molecule has 1 aliphatic rings. The van der Waals surface area contributed by atoms with Crippen molar-refractivity contribution in [3.8, 4) is 5.75 Å². The Bertz CT molecular complexity index is 427. The maximum atomic E-state index is 12.3. The van der Waals surface area contributed by atoms with Gasteiger partial charge in [-0.05, 0) is 31.0 Å². The first-order valence-electron chi connectivity index (χ1n) is 5.21. The third kappa shape index (κ3) is 1.87. The third-order valence-electron chi connectivity index (χ3n) is 3.13. The minimum atomic E-state index is -0.325. The molecule has 1 aliphatic carbocycles. The number of methoxy groups -OCH3 is 1. The summed E-state index contributed by atoms with van der Waals surface area (Å²) < 4.78 is 6.09. The number of carbonyl (C=O) groups is 1. The Hall–Kier alpha value is -0.870. The summed E-state index contributed by atoms with van der Waals surface area (Å²) in [5.74, 6) is 0.723. The van der Waals surface area contributed by atoms with E-state index in [0.29, 0.717) is 17.9 Å². The Morgan fingerprint density at radius 1 is 1.56 bits per heavy atom. The van der Waals surface area contributed by atoms with Crippen molar-refractivity contribution in [2.45, 2.75) is 12.8 Å². The van der Waals surface area contributed by atoms with Crippen LogP contribution in [0.2, 0.25) is 0 Å². The van der Waals surface area contributed by atoms with Crippen molar-refractivity contribution in [3.63, 3.8) is 0 Å². The van der Waals surface area contributed by atoms with Crippen LogP contribution in [-0.4, -0.2) is 19.4 Å². The Kier molecular flexibility index (Phi) is 3.04. The highest BCUT2D eigenvalue weighted by Gasteiger charge is 2.49. The molecular weight excluding hydrogens is 270 g/mol. The standard InChI is InChI=1S/C12H14BrNO2/c1-16-10-3-2-8(13)6-9(10)11(15)12(7-14)4-5-12/h2-3,6H,4-5,7,14H2,1H3.